The van der Waals surface area contributed by atoms with Crippen LogP contribution < -0.4 is 10.6 Å². The Hall–Kier alpha value is -2.07. The van der Waals surface area contributed by atoms with E-state index in [1.807, 2.05) is 18.3 Å². The van der Waals surface area contributed by atoms with Gasteiger partial charge >= 0.3 is 0 Å². The molecule has 25 heavy (non-hydrogen) atoms. The molecule has 1 unspecified atom stereocenters. The van der Waals surface area contributed by atoms with Crippen molar-refractivity contribution in [3.05, 3.63) is 46.6 Å². The second kappa shape index (κ2) is 5.46. The van der Waals surface area contributed by atoms with Gasteiger partial charge in [0.1, 0.15) is 5.82 Å². The van der Waals surface area contributed by atoms with Crippen molar-refractivity contribution in [2.75, 3.05) is 18.4 Å². The highest BCUT2D eigenvalue weighted by molar-refractivity contribution is 6.34. The molecule has 128 valence electrons. The molecule has 0 radical (unpaired) electrons. The maximum atomic E-state index is 12.2. The van der Waals surface area contributed by atoms with E-state index in [9.17, 15) is 4.79 Å². The van der Waals surface area contributed by atoms with E-state index < -0.39 is 0 Å². The summed E-state index contributed by atoms with van der Waals surface area (Å²) in [4.78, 5) is 16.8. The Bertz CT molecular complexity index is 875. The Morgan fingerprint density at radius 1 is 1.24 bits per heavy atom. The van der Waals surface area contributed by atoms with Crippen molar-refractivity contribution >= 4 is 23.3 Å². The van der Waals surface area contributed by atoms with Crippen molar-refractivity contribution in [2.24, 2.45) is 0 Å². The first-order valence-corrected chi connectivity index (χ1v) is 9.37. The molecule has 5 rings (SSSR count). The van der Waals surface area contributed by atoms with E-state index in [4.69, 9.17) is 11.6 Å². The van der Waals surface area contributed by atoms with Gasteiger partial charge in [0.05, 0.1) is 10.9 Å². The molecule has 1 amide bonds. The lowest BCUT2D eigenvalue weighted by molar-refractivity contribution is -0.123. The molecule has 2 fully saturated rings. The summed E-state index contributed by atoms with van der Waals surface area (Å²) in [6, 6.07) is 8.22. The van der Waals surface area contributed by atoms with Crippen LogP contribution in [0.1, 0.15) is 42.7 Å². The van der Waals surface area contributed by atoms with Gasteiger partial charge in [-0.15, -0.1) is 0 Å². The molecule has 0 bridgehead atoms. The van der Waals surface area contributed by atoms with E-state index in [1.165, 1.54) is 18.4 Å². The predicted molar refractivity (Wildman–Crippen MR) is 99.1 cm³/mol. The summed E-state index contributed by atoms with van der Waals surface area (Å²) in [6.07, 6.45) is 6.14. The Labute approximate surface area is 152 Å². The summed E-state index contributed by atoms with van der Waals surface area (Å²) >= 11 is 6.82. The lowest BCUT2D eigenvalue weighted by atomic mass is 9.88. The van der Waals surface area contributed by atoms with Gasteiger partial charge in [0.15, 0.2) is 0 Å². The number of carbonyl (C=O) groups excluding carboxylic acids is 1. The fourth-order valence-corrected chi connectivity index (χ4v) is 4.69. The molecule has 2 N–H and O–H groups in total. The number of hydrogen-bond donors (Lipinski definition) is 2. The van der Waals surface area contributed by atoms with Gasteiger partial charge in [-0.05, 0) is 36.8 Å². The Kier molecular flexibility index (Phi) is 3.32. The number of carbonyl (C=O) groups is 1. The second-order valence-corrected chi connectivity index (χ2v) is 7.83. The van der Waals surface area contributed by atoms with Gasteiger partial charge in [-0.25, -0.2) is 4.98 Å². The molecule has 1 aromatic heterocycles. The van der Waals surface area contributed by atoms with E-state index in [0.29, 0.717) is 0 Å². The van der Waals surface area contributed by atoms with Crippen LogP contribution in [-0.2, 0) is 10.2 Å². The predicted octanol–water partition coefficient (Wildman–Crippen LogP) is 3.85. The summed E-state index contributed by atoms with van der Waals surface area (Å²) in [5.74, 6) is 1.00. The number of aromatic nitrogens is 1. The molecule has 1 spiro atoms. The first-order valence-electron chi connectivity index (χ1n) is 8.99. The number of halogens is 1. The Balaban J connectivity index is 1.57. The number of pyridine rings is 1. The van der Waals surface area contributed by atoms with E-state index in [-0.39, 0.29) is 17.2 Å². The first-order chi connectivity index (χ1) is 12.2. The fraction of sp³-hybridized carbons (Fsp3) is 0.400. The van der Waals surface area contributed by atoms with Crippen molar-refractivity contribution in [3.63, 3.8) is 0 Å². The zero-order valence-corrected chi connectivity index (χ0v) is 14.7. The summed E-state index contributed by atoms with van der Waals surface area (Å²) in [5, 5.41) is 7.18. The number of nitrogens with one attached hydrogen (secondary N) is 2. The topological polar surface area (TPSA) is 54.0 Å². The minimum absolute atomic E-state index is 0.0636. The van der Waals surface area contributed by atoms with Crippen LogP contribution in [0.25, 0.3) is 11.1 Å². The average Bonchev–Trinajstić information content (AvgIpc) is 3.31. The number of rotatable bonds is 2. The van der Waals surface area contributed by atoms with Gasteiger partial charge in [0.2, 0.25) is 5.91 Å². The lowest BCUT2D eigenvalue weighted by Gasteiger charge is -2.22. The zero-order chi connectivity index (χ0) is 17.0. The number of benzene rings is 1. The molecule has 5 heteroatoms. The van der Waals surface area contributed by atoms with Crippen molar-refractivity contribution in [2.45, 2.75) is 37.0 Å². The molecule has 3 aliphatic rings. The maximum absolute atomic E-state index is 12.2. The molecule has 1 saturated heterocycles. The maximum Gasteiger partial charge on any atom is 0.227 e. The smallest absolute Gasteiger partial charge is 0.227 e. The minimum atomic E-state index is -0.0636. The van der Waals surface area contributed by atoms with E-state index in [0.717, 1.165) is 53.5 Å². The van der Waals surface area contributed by atoms with Crippen LogP contribution in [0.2, 0.25) is 5.02 Å². The highest BCUT2D eigenvalue weighted by Crippen LogP contribution is 2.57. The first kappa shape index (κ1) is 15.2. The number of piperidine rings is 1. The average molecular weight is 354 g/mol. The lowest BCUT2D eigenvalue weighted by Crippen LogP contribution is -2.35. The standard InChI is InChI=1S/C20H20ClN3O/c21-17-15(10-23-18-16(17)20(6-7-20)11-24-18)13-4-1-3-12(9-13)14-5-2-8-22-19(14)25/h1,3-4,9-10,14H,2,5-8,11H2,(H,22,25)(H,23,24). The molecule has 4 nitrogen and oxygen atoms in total. The monoisotopic (exact) mass is 353 g/mol. The molecule has 2 aromatic rings. The highest BCUT2D eigenvalue weighted by atomic mass is 35.5. The van der Waals surface area contributed by atoms with Crippen molar-refractivity contribution in [1.82, 2.24) is 10.3 Å². The van der Waals surface area contributed by atoms with Crippen LogP contribution in [-0.4, -0.2) is 24.0 Å². The van der Waals surface area contributed by atoms with Crippen molar-refractivity contribution in [1.29, 1.82) is 0 Å². The van der Waals surface area contributed by atoms with Crippen LogP contribution in [0.5, 0.6) is 0 Å². The third kappa shape index (κ3) is 2.35. The summed E-state index contributed by atoms with van der Waals surface area (Å²) in [6.45, 7) is 1.73. The zero-order valence-electron chi connectivity index (χ0n) is 13.9. The van der Waals surface area contributed by atoms with Crippen LogP contribution >= 0.6 is 11.6 Å². The molecule has 1 atom stereocenters. The SMILES string of the molecule is O=C1NCCCC1c1cccc(-c2cnc3c(c2Cl)C2(CC2)CN3)c1. The van der Waals surface area contributed by atoms with Gasteiger partial charge < -0.3 is 10.6 Å². The number of nitrogens with zero attached hydrogens (tertiary/aromatic N) is 1. The molecule has 3 heterocycles. The highest BCUT2D eigenvalue weighted by Gasteiger charge is 2.51. The van der Waals surface area contributed by atoms with E-state index >= 15 is 0 Å². The summed E-state index contributed by atoms with van der Waals surface area (Å²) in [5.41, 5.74) is 4.46. The largest absolute Gasteiger partial charge is 0.369 e. The summed E-state index contributed by atoms with van der Waals surface area (Å²) < 4.78 is 0. The minimum Gasteiger partial charge on any atom is -0.369 e. The van der Waals surface area contributed by atoms with Gasteiger partial charge in [-0.2, -0.15) is 0 Å². The normalized spacial score (nSPS) is 23.1. The Morgan fingerprint density at radius 3 is 2.92 bits per heavy atom. The fourth-order valence-electron chi connectivity index (χ4n) is 4.24. The summed E-state index contributed by atoms with van der Waals surface area (Å²) in [7, 11) is 0. The quantitative estimate of drug-likeness (QED) is 0.862. The van der Waals surface area contributed by atoms with Gasteiger partial charge in [-0.1, -0.05) is 35.9 Å². The van der Waals surface area contributed by atoms with E-state index in [1.54, 1.807) is 0 Å². The molecule has 1 aromatic carbocycles. The molecular formula is C20H20ClN3O. The molecular weight excluding hydrogens is 334 g/mol. The molecule has 1 saturated carbocycles. The number of fused-ring (bicyclic) bond motifs is 2. The van der Waals surface area contributed by atoms with Crippen LogP contribution in [0.3, 0.4) is 0 Å². The van der Waals surface area contributed by atoms with Gasteiger partial charge in [0.25, 0.3) is 0 Å². The number of hydrogen-bond acceptors (Lipinski definition) is 3. The van der Waals surface area contributed by atoms with Gasteiger partial charge in [0, 0.05) is 35.8 Å². The third-order valence-corrected chi connectivity index (χ3v) is 6.27. The van der Waals surface area contributed by atoms with Crippen molar-refractivity contribution < 1.29 is 4.79 Å². The second-order valence-electron chi connectivity index (χ2n) is 7.45. The van der Waals surface area contributed by atoms with Crippen molar-refractivity contribution in [3.8, 4) is 11.1 Å². The van der Waals surface area contributed by atoms with E-state index in [2.05, 4.69) is 27.8 Å². The van der Waals surface area contributed by atoms with Gasteiger partial charge in [-0.3, -0.25) is 4.79 Å². The number of anilines is 1. The van der Waals surface area contributed by atoms with Crippen LogP contribution in [0, 0.1) is 0 Å². The molecule has 1 aliphatic carbocycles. The third-order valence-electron chi connectivity index (χ3n) is 5.88. The van der Waals surface area contributed by atoms with Crippen LogP contribution in [0.4, 0.5) is 5.82 Å². The molecule has 2 aliphatic heterocycles. The Morgan fingerprint density at radius 2 is 2.12 bits per heavy atom. The van der Waals surface area contributed by atoms with Crippen LogP contribution in [0.15, 0.2) is 30.5 Å². The number of amides is 1.